The molecule has 0 aromatic heterocycles. The molecule has 1 aliphatic rings. The van der Waals surface area contributed by atoms with E-state index in [-0.39, 0.29) is 0 Å². The van der Waals surface area contributed by atoms with Crippen molar-refractivity contribution in [2.24, 2.45) is 11.3 Å². The normalized spacial score (nSPS) is 27.5. The summed E-state index contributed by atoms with van der Waals surface area (Å²) in [6, 6.07) is 1.37. The van der Waals surface area contributed by atoms with Gasteiger partial charge in [-0.1, -0.05) is 60.8 Å². The molecule has 2 heteroatoms. The molecule has 0 saturated carbocycles. The zero-order valence-corrected chi connectivity index (χ0v) is 14.1. The second kappa shape index (κ2) is 7.64. The van der Waals surface area contributed by atoms with Gasteiger partial charge >= 0.3 is 0 Å². The van der Waals surface area contributed by atoms with E-state index in [0.29, 0.717) is 11.5 Å². The summed E-state index contributed by atoms with van der Waals surface area (Å²) in [5.41, 5.74) is 0.365. The molecule has 1 aliphatic heterocycles. The van der Waals surface area contributed by atoms with Crippen LogP contribution in [-0.4, -0.2) is 36.6 Å². The molecule has 1 rings (SSSR count). The molecule has 0 radical (unpaired) electrons. The number of piperazine rings is 1. The van der Waals surface area contributed by atoms with Crippen molar-refractivity contribution in [3.8, 4) is 0 Å². The van der Waals surface area contributed by atoms with Gasteiger partial charge in [-0.25, -0.2) is 0 Å². The summed E-state index contributed by atoms with van der Waals surface area (Å²) in [5, 5.41) is 3.80. The van der Waals surface area contributed by atoms with Crippen LogP contribution >= 0.6 is 0 Å². The number of nitrogens with one attached hydrogen (secondary N) is 1. The molecule has 0 aromatic carbocycles. The van der Waals surface area contributed by atoms with Gasteiger partial charge in [0.1, 0.15) is 0 Å². The summed E-state index contributed by atoms with van der Waals surface area (Å²) in [7, 11) is 0. The summed E-state index contributed by atoms with van der Waals surface area (Å²) in [4.78, 5) is 2.77. The van der Waals surface area contributed by atoms with E-state index in [4.69, 9.17) is 0 Å². The Balaban J connectivity index is 2.63. The maximum atomic E-state index is 3.80. The van der Waals surface area contributed by atoms with Gasteiger partial charge < -0.3 is 5.32 Å². The van der Waals surface area contributed by atoms with E-state index in [0.717, 1.165) is 12.0 Å². The molecule has 0 bridgehead atoms. The van der Waals surface area contributed by atoms with Crippen molar-refractivity contribution >= 4 is 0 Å². The lowest BCUT2D eigenvalue weighted by molar-refractivity contribution is 0.0570. The number of unbranched alkanes of at least 4 members (excludes halogenated alkanes) is 2. The van der Waals surface area contributed by atoms with E-state index in [1.54, 1.807) is 0 Å². The number of rotatable bonds is 6. The fraction of sp³-hybridized carbons (Fsp3) is 1.00. The molecule has 1 N–H and O–H groups in total. The van der Waals surface area contributed by atoms with Crippen LogP contribution in [0.4, 0.5) is 0 Å². The van der Waals surface area contributed by atoms with Crippen LogP contribution in [0.15, 0.2) is 0 Å². The Kier molecular flexibility index (Phi) is 6.82. The van der Waals surface area contributed by atoms with Gasteiger partial charge in [-0.15, -0.1) is 0 Å². The van der Waals surface area contributed by atoms with Gasteiger partial charge in [0.25, 0.3) is 0 Å². The third kappa shape index (κ3) is 5.07. The average Bonchev–Trinajstić information content (AvgIpc) is 2.37. The third-order valence-corrected chi connectivity index (χ3v) is 4.85. The SMILES string of the molecule is CCCCCN1CC(C(C)(C)C)NCC1C(C)CC. The predicted octanol–water partition coefficient (Wildman–Crippen LogP) is 3.91. The number of hydrogen-bond donors (Lipinski definition) is 1. The Morgan fingerprint density at radius 1 is 1.21 bits per heavy atom. The summed E-state index contributed by atoms with van der Waals surface area (Å²) < 4.78 is 0. The standard InChI is InChI=1S/C17H36N2/c1-7-9-10-11-19-13-16(17(4,5)6)18-12-15(19)14(3)8-2/h14-16,18H,7-13H2,1-6H3. The van der Waals surface area contributed by atoms with Gasteiger partial charge in [0.05, 0.1) is 0 Å². The molecule has 1 fully saturated rings. The van der Waals surface area contributed by atoms with E-state index in [2.05, 4.69) is 51.8 Å². The molecule has 3 atom stereocenters. The topological polar surface area (TPSA) is 15.3 Å². The van der Waals surface area contributed by atoms with Crippen LogP contribution in [0.1, 0.15) is 67.2 Å². The van der Waals surface area contributed by atoms with Gasteiger partial charge in [-0.2, -0.15) is 0 Å². The van der Waals surface area contributed by atoms with Gasteiger partial charge in [0.15, 0.2) is 0 Å². The first kappa shape index (κ1) is 17.0. The lowest BCUT2D eigenvalue weighted by Crippen LogP contribution is -2.61. The molecule has 0 amide bonds. The van der Waals surface area contributed by atoms with Crippen molar-refractivity contribution in [3.05, 3.63) is 0 Å². The molecule has 19 heavy (non-hydrogen) atoms. The average molecular weight is 268 g/mol. The van der Waals surface area contributed by atoms with Crippen molar-refractivity contribution in [2.45, 2.75) is 79.3 Å². The van der Waals surface area contributed by atoms with Crippen LogP contribution < -0.4 is 5.32 Å². The zero-order chi connectivity index (χ0) is 14.5. The van der Waals surface area contributed by atoms with Crippen molar-refractivity contribution in [1.29, 1.82) is 0 Å². The highest BCUT2D eigenvalue weighted by atomic mass is 15.2. The minimum Gasteiger partial charge on any atom is -0.311 e. The zero-order valence-electron chi connectivity index (χ0n) is 14.1. The molecule has 114 valence electrons. The first-order valence-corrected chi connectivity index (χ1v) is 8.37. The van der Waals surface area contributed by atoms with Crippen molar-refractivity contribution in [2.75, 3.05) is 19.6 Å². The monoisotopic (exact) mass is 268 g/mol. The lowest BCUT2D eigenvalue weighted by Gasteiger charge is -2.47. The molecule has 0 spiro atoms. The second-order valence-corrected chi connectivity index (χ2v) is 7.48. The first-order valence-electron chi connectivity index (χ1n) is 8.37. The summed E-state index contributed by atoms with van der Waals surface area (Å²) in [6.07, 6.45) is 5.34. The van der Waals surface area contributed by atoms with E-state index >= 15 is 0 Å². The Hall–Kier alpha value is -0.0800. The van der Waals surface area contributed by atoms with E-state index in [9.17, 15) is 0 Å². The molecular weight excluding hydrogens is 232 g/mol. The maximum Gasteiger partial charge on any atom is 0.0246 e. The first-order chi connectivity index (χ1) is 8.90. The molecule has 1 saturated heterocycles. The minimum atomic E-state index is 0.365. The lowest BCUT2D eigenvalue weighted by atomic mass is 9.83. The van der Waals surface area contributed by atoms with Crippen LogP contribution in [0.2, 0.25) is 0 Å². The molecule has 2 nitrogen and oxygen atoms in total. The Bertz CT molecular complexity index is 244. The van der Waals surface area contributed by atoms with E-state index in [1.165, 1.54) is 45.3 Å². The van der Waals surface area contributed by atoms with Crippen LogP contribution in [0, 0.1) is 11.3 Å². The molecule has 1 heterocycles. The molecule has 3 unspecified atom stereocenters. The fourth-order valence-corrected chi connectivity index (χ4v) is 3.06. The van der Waals surface area contributed by atoms with Crippen LogP contribution in [-0.2, 0) is 0 Å². The van der Waals surface area contributed by atoms with E-state index < -0.39 is 0 Å². The van der Waals surface area contributed by atoms with Gasteiger partial charge in [-0.05, 0) is 24.3 Å². The molecule has 0 aliphatic carbocycles. The largest absolute Gasteiger partial charge is 0.311 e. The van der Waals surface area contributed by atoms with Crippen molar-refractivity contribution in [1.82, 2.24) is 10.2 Å². The number of nitrogens with zero attached hydrogens (tertiary/aromatic N) is 1. The van der Waals surface area contributed by atoms with Crippen molar-refractivity contribution in [3.63, 3.8) is 0 Å². The molecule has 0 aromatic rings. The molecular formula is C17H36N2. The predicted molar refractivity (Wildman–Crippen MR) is 85.6 cm³/mol. The summed E-state index contributed by atoms with van der Waals surface area (Å²) in [6.45, 7) is 17.8. The van der Waals surface area contributed by atoms with Gasteiger partial charge in [-0.3, -0.25) is 4.90 Å². The second-order valence-electron chi connectivity index (χ2n) is 7.48. The van der Waals surface area contributed by atoms with Crippen LogP contribution in [0.5, 0.6) is 0 Å². The van der Waals surface area contributed by atoms with Gasteiger partial charge in [0, 0.05) is 25.2 Å². The Morgan fingerprint density at radius 2 is 1.89 bits per heavy atom. The minimum absolute atomic E-state index is 0.365. The van der Waals surface area contributed by atoms with Crippen LogP contribution in [0.25, 0.3) is 0 Å². The van der Waals surface area contributed by atoms with Gasteiger partial charge in [0.2, 0.25) is 0 Å². The van der Waals surface area contributed by atoms with E-state index in [1.807, 2.05) is 0 Å². The summed E-state index contributed by atoms with van der Waals surface area (Å²) in [5.74, 6) is 0.801. The maximum absolute atomic E-state index is 3.80. The Labute approximate surface area is 121 Å². The third-order valence-electron chi connectivity index (χ3n) is 4.85. The number of hydrogen-bond acceptors (Lipinski definition) is 2. The fourth-order valence-electron chi connectivity index (χ4n) is 3.06. The smallest absolute Gasteiger partial charge is 0.0246 e. The van der Waals surface area contributed by atoms with Crippen LogP contribution in [0.3, 0.4) is 0 Å². The quantitative estimate of drug-likeness (QED) is 0.735. The highest BCUT2D eigenvalue weighted by Crippen LogP contribution is 2.26. The highest BCUT2D eigenvalue weighted by Gasteiger charge is 2.35. The summed E-state index contributed by atoms with van der Waals surface area (Å²) >= 11 is 0. The highest BCUT2D eigenvalue weighted by molar-refractivity contribution is 4.93. The van der Waals surface area contributed by atoms with Crippen molar-refractivity contribution < 1.29 is 0 Å². The Morgan fingerprint density at radius 3 is 2.42 bits per heavy atom.